The van der Waals surface area contributed by atoms with Gasteiger partial charge in [0.15, 0.2) is 0 Å². The first-order chi connectivity index (χ1) is 6.91. The summed E-state index contributed by atoms with van der Waals surface area (Å²) in [4.78, 5) is 0. The number of hydrogen-bond donors (Lipinski definition) is 1. The predicted molar refractivity (Wildman–Crippen MR) is 64.5 cm³/mol. The normalized spacial score (nSPS) is 12.3. The number of rotatable bonds is 0. The Morgan fingerprint density at radius 2 is 2.00 bits per heavy atom. The number of nitrogens with one attached hydrogen (secondary N) is 1. The van der Waals surface area contributed by atoms with E-state index in [2.05, 4.69) is 37.9 Å². The van der Waals surface area contributed by atoms with Crippen molar-refractivity contribution in [1.82, 2.24) is 10.2 Å². The number of H-pyrrole nitrogens is 1. The summed E-state index contributed by atoms with van der Waals surface area (Å²) < 4.78 is 0. The molecule has 0 amide bonds. The molecule has 1 heterocycles. The van der Waals surface area contributed by atoms with Gasteiger partial charge in [0, 0.05) is 10.4 Å². The lowest BCUT2D eigenvalue weighted by molar-refractivity contribution is 0.592. The molecule has 0 unspecified atom stereocenters. The molecule has 1 N–H and O–H groups in total. The Hall–Kier alpha value is -1.02. The first-order valence-electron chi connectivity index (χ1n) is 5.04. The Labute approximate surface area is 94.6 Å². The second-order valence-corrected chi connectivity index (χ2v) is 5.35. The molecule has 1 aromatic heterocycles. The van der Waals surface area contributed by atoms with Crippen LogP contribution >= 0.6 is 11.6 Å². The standard InChI is InChI=1S/C12H15ClN2/c1-7-9(13)5-10-8(6-14-15-10)11(7)12(2,3)4/h5-6H,1-4H3,(H,14,15). The Kier molecular flexibility index (Phi) is 2.27. The third-order valence-corrected chi connectivity index (χ3v) is 3.09. The van der Waals surface area contributed by atoms with Crippen molar-refractivity contribution in [2.45, 2.75) is 33.1 Å². The lowest BCUT2D eigenvalue weighted by Crippen LogP contribution is -2.13. The van der Waals surface area contributed by atoms with Crippen LogP contribution in [-0.4, -0.2) is 10.2 Å². The van der Waals surface area contributed by atoms with Gasteiger partial charge in [-0.05, 0) is 29.5 Å². The van der Waals surface area contributed by atoms with E-state index < -0.39 is 0 Å². The predicted octanol–water partition coefficient (Wildman–Crippen LogP) is 3.82. The maximum absolute atomic E-state index is 6.21. The summed E-state index contributed by atoms with van der Waals surface area (Å²) in [6.45, 7) is 8.64. The fourth-order valence-corrected chi connectivity index (χ4v) is 2.33. The summed E-state index contributed by atoms with van der Waals surface area (Å²) in [6, 6.07) is 1.94. The molecule has 1 aromatic carbocycles. The highest BCUT2D eigenvalue weighted by atomic mass is 35.5. The molecule has 0 spiro atoms. The number of halogens is 1. The molecule has 0 saturated carbocycles. The van der Waals surface area contributed by atoms with Crippen molar-refractivity contribution in [3.63, 3.8) is 0 Å². The van der Waals surface area contributed by atoms with Crippen molar-refractivity contribution in [2.24, 2.45) is 0 Å². The van der Waals surface area contributed by atoms with E-state index in [-0.39, 0.29) is 5.41 Å². The zero-order valence-corrected chi connectivity index (χ0v) is 10.2. The van der Waals surface area contributed by atoms with Crippen molar-refractivity contribution in [1.29, 1.82) is 0 Å². The van der Waals surface area contributed by atoms with Crippen LogP contribution in [0.15, 0.2) is 12.3 Å². The van der Waals surface area contributed by atoms with Crippen LogP contribution in [0.4, 0.5) is 0 Å². The van der Waals surface area contributed by atoms with Gasteiger partial charge in [-0.2, -0.15) is 5.10 Å². The number of hydrogen-bond acceptors (Lipinski definition) is 1. The summed E-state index contributed by atoms with van der Waals surface area (Å²) in [5.41, 5.74) is 3.52. The molecule has 0 atom stereocenters. The van der Waals surface area contributed by atoms with Crippen molar-refractivity contribution in [3.8, 4) is 0 Å². The molecule has 3 heteroatoms. The Morgan fingerprint density at radius 3 is 2.60 bits per heavy atom. The molecule has 0 aliphatic rings. The molecular weight excluding hydrogens is 208 g/mol. The number of benzene rings is 1. The smallest absolute Gasteiger partial charge is 0.0668 e. The summed E-state index contributed by atoms with van der Waals surface area (Å²) in [7, 11) is 0. The van der Waals surface area contributed by atoms with Crippen LogP contribution in [0.1, 0.15) is 31.9 Å². The molecule has 2 aromatic rings. The number of fused-ring (bicyclic) bond motifs is 1. The van der Waals surface area contributed by atoms with Gasteiger partial charge >= 0.3 is 0 Å². The highest BCUT2D eigenvalue weighted by molar-refractivity contribution is 6.32. The SMILES string of the molecule is Cc1c(Cl)cc2[nH]ncc2c1C(C)(C)C. The molecule has 0 aliphatic carbocycles. The van der Waals surface area contributed by atoms with Crippen molar-refractivity contribution in [2.75, 3.05) is 0 Å². The van der Waals surface area contributed by atoms with Crippen molar-refractivity contribution in [3.05, 3.63) is 28.4 Å². The maximum Gasteiger partial charge on any atom is 0.0668 e. The largest absolute Gasteiger partial charge is 0.278 e. The van der Waals surface area contributed by atoms with Crippen LogP contribution in [0.25, 0.3) is 10.9 Å². The van der Waals surface area contributed by atoms with E-state index in [1.54, 1.807) is 0 Å². The molecule has 2 rings (SSSR count). The Balaban J connectivity index is 2.90. The van der Waals surface area contributed by atoms with E-state index in [0.29, 0.717) is 0 Å². The summed E-state index contributed by atoms with van der Waals surface area (Å²) >= 11 is 6.21. The second-order valence-electron chi connectivity index (χ2n) is 4.94. The molecule has 0 bridgehead atoms. The van der Waals surface area contributed by atoms with E-state index in [0.717, 1.165) is 16.1 Å². The molecule has 0 fully saturated rings. The van der Waals surface area contributed by atoms with E-state index in [4.69, 9.17) is 11.6 Å². The zero-order valence-electron chi connectivity index (χ0n) is 9.48. The highest BCUT2D eigenvalue weighted by Gasteiger charge is 2.21. The van der Waals surface area contributed by atoms with Gasteiger partial charge in [-0.3, -0.25) is 5.10 Å². The van der Waals surface area contributed by atoms with Crippen LogP contribution in [0.5, 0.6) is 0 Å². The van der Waals surface area contributed by atoms with E-state index in [1.807, 2.05) is 12.3 Å². The van der Waals surface area contributed by atoms with Crippen LogP contribution in [-0.2, 0) is 5.41 Å². The molecular formula is C12H15ClN2. The van der Waals surface area contributed by atoms with E-state index in [9.17, 15) is 0 Å². The quantitative estimate of drug-likeness (QED) is 0.721. The Bertz CT molecular complexity index is 506. The minimum absolute atomic E-state index is 0.0805. The average molecular weight is 223 g/mol. The van der Waals surface area contributed by atoms with Crippen LogP contribution < -0.4 is 0 Å². The molecule has 2 nitrogen and oxygen atoms in total. The second kappa shape index (κ2) is 3.24. The zero-order chi connectivity index (χ0) is 11.2. The van der Waals surface area contributed by atoms with Crippen molar-refractivity contribution < 1.29 is 0 Å². The van der Waals surface area contributed by atoms with Gasteiger partial charge in [0.05, 0.1) is 11.7 Å². The molecule has 0 saturated heterocycles. The third kappa shape index (κ3) is 1.63. The highest BCUT2D eigenvalue weighted by Crippen LogP contribution is 2.35. The number of aromatic nitrogens is 2. The summed E-state index contributed by atoms with van der Waals surface area (Å²) in [6.07, 6.45) is 1.87. The van der Waals surface area contributed by atoms with Crippen LogP contribution in [0.3, 0.4) is 0 Å². The van der Waals surface area contributed by atoms with Gasteiger partial charge < -0.3 is 0 Å². The van der Waals surface area contributed by atoms with E-state index in [1.165, 1.54) is 10.9 Å². The van der Waals surface area contributed by atoms with Gasteiger partial charge in [-0.1, -0.05) is 32.4 Å². The number of nitrogens with zero attached hydrogens (tertiary/aromatic N) is 1. The lowest BCUT2D eigenvalue weighted by Gasteiger charge is -2.23. The average Bonchev–Trinajstić information content (AvgIpc) is 2.50. The fourth-order valence-electron chi connectivity index (χ4n) is 2.13. The van der Waals surface area contributed by atoms with Gasteiger partial charge in [-0.15, -0.1) is 0 Å². The summed E-state index contributed by atoms with van der Waals surface area (Å²) in [5.74, 6) is 0. The maximum atomic E-state index is 6.21. The van der Waals surface area contributed by atoms with Gasteiger partial charge in [0.1, 0.15) is 0 Å². The molecule has 15 heavy (non-hydrogen) atoms. The van der Waals surface area contributed by atoms with Gasteiger partial charge in [0.2, 0.25) is 0 Å². The minimum atomic E-state index is 0.0805. The molecule has 0 aliphatic heterocycles. The Morgan fingerprint density at radius 1 is 1.33 bits per heavy atom. The monoisotopic (exact) mass is 222 g/mol. The topological polar surface area (TPSA) is 28.7 Å². The number of aromatic amines is 1. The van der Waals surface area contributed by atoms with Gasteiger partial charge in [0.25, 0.3) is 0 Å². The van der Waals surface area contributed by atoms with E-state index >= 15 is 0 Å². The molecule has 80 valence electrons. The lowest BCUT2D eigenvalue weighted by atomic mass is 9.82. The first kappa shape index (κ1) is 10.5. The van der Waals surface area contributed by atoms with Crippen LogP contribution in [0.2, 0.25) is 5.02 Å². The van der Waals surface area contributed by atoms with Crippen molar-refractivity contribution >= 4 is 22.5 Å². The fraction of sp³-hybridized carbons (Fsp3) is 0.417. The van der Waals surface area contributed by atoms with Gasteiger partial charge in [-0.25, -0.2) is 0 Å². The first-order valence-corrected chi connectivity index (χ1v) is 5.41. The van der Waals surface area contributed by atoms with Crippen LogP contribution in [0, 0.1) is 6.92 Å². The third-order valence-electron chi connectivity index (χ3n) is 2.69. The minimum Gasteiger partial charge on any atom is -0.278 e. The summed E-state index contributed by atoms with van der Waals surface area (Å²) in [5, 5.41) is 9.01. The molecule has 0 radical (unpaired) electrons.